The van der Waals surface area contributed by atoms with Crippen molar-refractivity contribution in [1.29, 1.82) is 0 Å². The molecule has 124 valence electrons. The van der Waals surface area contributed by atoms with Gasteiger partial charge in [-0.1, -0.05) is 54.1 Å². The van der Waals surface area contributed by atoms with E-state index >= 15 is 0 Å². The summed E-state index contributed by atoms with van der Waals surface area (Å²) in [6.45, 7) is 0. The molecule has 2 N–H and O–H groups in total. The molecule has 1 aromatic heterocycles. The van der Waals surface area contributed by atoms with Crippen molar-refractivity contribution in [2.75, 3.05) is 0 Å². The van der Waals surface area contributed by atoms with Crippen LogP contribution in [0.4, 0.5) is 0 Å². The molecule has 25 heavy (non-hydrogen) atoms. The Labute approximate surface area is 148 Å². The molecule has 0 atom stereocenters. The number of hydrogen-bond acceptors (Lipinski definition) is 4. The van der Waals surface area contributed by atoms with Crippen molar-refractivity contribution < 1.29 is 4.79 Å². The van der Waals surface area contributed by atoms with Crippen molar-refractivity contribution in [3.8, 4) is 11.3 Å². The second-order valence-corrected chi connectivity index (χ2v) is 5.54. The molecule has 7 heteroatoms. The van der Waals surface area contributed by atoms with Crippen molar-refractivity contribution in [2.45, 2.75) is 0 Å². The lowest BCUT2D eigenvalue weighted by molar-refractivity contribution is 0.0949. The highest BCUT2D eigenvalue weighted by molar-refractivity contribution is 6.30. The molecule has 1 heterocycles. The van der Waals surface area contributed by atoms with Crippen LogP contribution in [-0.2, 0) is 0 Å². The molecule has 3 aromatic rings. The molecule has 6 nitrogen and oxygen atoms in total. The van der Waals surface area contributed by atoms with Crippen molar-refractivity contribution >= 4 is 23.7 Å². The van der Waals surface area contributed by atoms with Crippen LogP contribution in [0.1, 0.15) is 16.1 Å². The minimum absolute atomic E-state index is 0.0714. The smallest absolute Gasteiger partial charge is 0.301 e. The first-order valence-electron chi connectivity index (χ1n) is 7.37. The first-order chi connectivity index (χ1) is 12.1. The Morgan fingerprint density at radius 1 is 1.12 bits per heavy atom. The number of amides is 1. The van der Waals surface area contributed by atoms with Gasteiger partial charge in [0.15, 0.2) is 0 Å². The van der Waals surface area contributed by atoms with E-state index in [2.05, 4.69) is 20.5 Å². The van der Waals surface area contributed by atoms with Crippen LogP contribution in [0.5, 0.6) is 0 Å². The van der Waals surface area contributed by atoms with Gasteiger partial charge in [0.25, 0.3) is 5.91 Å². The van der Waals surface area contributed by atoms with Crippen LogP contribution in [0.25, 0.3) is 11.3 Å². The van der Waals surface area contributed by atoms with E-state index in [0.717, 1.165) is 11.1 Å². The Hall–Kier alpha value is -3.25. The number of hydrazone groups is 1. The largest absolute Gasteiger partial charge is 0.346 e. The summed E-state index contributed by atoms with van der Waals surface area (Å²) in [4.78, 5) is 30.2. The molecule has 0 radical (unpaired) electrons. The van der Waals surface area contributed by atoms with Crippen LogP contribution >= 0.6 is 11.6 Å². The number of nitrogens with zero attached hydrogens (tertiary/aromatic N) is 2. The molecule has 0 saturated carbocycles. The topological polar surface area (TPSA) is 87.2 Å². The molecule has 0 spiro atoms. The number of carbonyl (C=O) groups is 1. The average Bonchev–Trinajstić information content (AvgIpc) is 2.62. The summed E-state index contributed by atoms with van der Waals surface area (Å²) in [6, 6.07) is 17.6. The zero-order valence-corrected chi connectivity index (χ0v) is 13.7. The van der Waals surface area contributed by atoms with Crippen molar-refractivity contribution in [1.82, 2.24) is 15.4 Å². The molecular formula is C18H13ClN4O2. The SMILES string of the molecule is O=C(N/N=C/c1cccc(Cl)c1)c1cc(-c2ccccc2)nc(=O)[nH]1. The first-order valence-corrected chi connectivity index (χ1v) is 7.75. The molecular weight excluding hydrogens is 340 g/mol. The summed E-state index contributed by atoms with van der Waals surface area (Å²) in [5, 5.41) is 4.44. The quantitative estimate of drug-likeness (QED) is 0.559. The Kier molecular flexibility index (Phi) is 5.01. The van der Waals surface area contributed by atoms with Crippen LogP contribution in [0.15, 0.2) is 70.6 Å². The van der Waals surface area contributed by atoms with E-state index in [1.165, 1.54) is 12.3 Å². The fraction of sp³-hybridized carbons (Fsp3) is 0. The summed E-state index contributed by atoms with van der Waals surface area (Å²) in [6.07, 6.45) is 1.46. The minimum atomic E-state index is -0.606. The van der Waals surface area contributed by atoms with Gasteiger partial charge in [-0.25, -0.2) is 10.2 Å². The highest BCUT2D eigenvalue weighted by atomic mass is 35.5. The number of halogens is 1. The van der Waals surface area contributed by atoms with Gasteiger partial charge in [-0.05, 0) is 23.8 Å². The maximum Gasteiger partial charge on any atom is 0.346 e. The Balaban J connectivity index is 1.78. The lowest BCUT2D eigenvalue weighted by Crippen LogP contribution is -2.24. The zero-order chi connectivity index (χ0) is 17.6. The maximum absolute atomic E-state index is 12.2. The Morgan fingerprint density at radius 3 is 2.68 bits per heavy atom. The number of carbonyl (C=O) groups excluding carboxylic acids is 1. The van der Waals surface area contributed by atoms with Crippen molar-refractivity contribution in [3.05, 3.63) is 87.4 Å². The van der Waals surface area contributed by atoms with Gasteiger partial charge < -0.3 is 4.98 Å². The predicted octanol–water partition coefficient (Wildman–Crippen LogP) is 2.85. The lowest BCUT2D eigenvalue weighted by atomic mass is 10.1. The van der Waals surface area contributed by atoms with Gasteiger partial charge in [-0.3, -0.25) is 4.79 Å². The summed E-state index contributed by atoms with van der Waals surface area (Å²) in [5.74, 6) is -0.546. The molecule has 0 aliphatic rings. The van der Waals surface area contributed by atoms with E-state index in [0.29, 0.717) is 10.7 Å². The molecule has 0 fully saturated rings. The van der Waals surface area contributed by atoms with E-state index in [1.807, 2.05) is 18.2 Å². The van der Waals surface area contributed by atoms with E-state index in [-0.39, 0.29) is 5.69 Å². The second-order valence-electron chi connectivity index (χ2n) is 5.11. The van der Waals surface area contributed by atoms with E-state index in [4.69, 9.17) is 11.6 Å². The van der Waals surface area contributed by atoms with Gasteiger partial charge in [0.1, 0.15) is 5.69 Å². The van der Waals surface area contributed by atoms with Crippen molar-refractivity contribution in [3.63, 3.8) is 0 Å². The molecule has 2 aromatic carbocycles. The Bertz CT molecular complexity index is 984. The van der Waals surface area contributed by atoms with Gasteiger partial charge in [0, 0.05) is 10.6 Å². The first kappa shape index (κ1) is 16.6. The van der Waals surface area contributed by atoms with E-state index in [1.54, 1.807) is 36.4 Å². The fourth-order valence-electron chi connectivity index (χ4n) is 2.15. The highest BCUT2D eigenvalue weighted by Gasteiger charge is 2.09. The van der Waals surface area contributed by atoms with Gasteiger partial charge in [0.05, 0.1) is 11.9 Å². The van der Waals surface area contributed by atoms with E-state index in [9.17, 15) is 9.59 Å². The van der Waals surface area contributed by atoms with Crippen LogP contribution < -0.4 is 11.1 Å². The second kappa shape index (κ2) is 7.55. The normalized spacial score (nSPS) is 10.8. The number of benzene rings is 2. The van der Waals surface area contributed by atoms with E-state index < -0.39 is 11.6 Å². The summed E-state index contributed by atoms with van der Waals surface area (Å²) < 4.78 is 0. The summed E-state index contributed by atoms with van der Waals surface area (Å²) in [5.41, 5.74) is 3.72. The van der Waals surface area contributed by atoms with Crippen LogP contribution in [0, 0.1) is 0 Å². The van der Waals surface area contributed by atoms with Crippen LogP contribution in [0.3, 0.4) is 0 Å². The summed E-state index contributed by atoms with van der Waals surface area (Å²) >= 11 is 5.88. The number of hydrogen-bond donors (Lipinski definition) is 2. The summed E-state index contributed by atoms with van der Waals surface area (Å²) in [7, 11) is 0. The lowest BCUT2D eigenvalue weighted by Gasteiger charge is -2.03. The maximum atomic E-state index is 12.2. The monoisotopic (exact) mass is 352 g/mol. The van der Waals surface area contributed by atoms with Crippen molar-refractivity contribution in [2.24, 2.45) is 5.10 Å². The molecule has 0 saturated heterocycles. The average molecular weight is 353 g/mol. The number of rotatable bonds is 4. The van der Waals surface area contributed by atoms with Crippen LogP contribution in [0.2, 0.25) is 5.02 Å². The fourth-order valence-corrected chi connectivity index (χ4v) is 2.35. The number of nitrogens with one attached hydrogen (secondary N) is 2. The molecule has 0 unspecified atom stereocenters. The third kappa shape index (κ3) is 4.39. The number of aromatic nitrogens is 2. The van der Waals surface area contributed by atoms with Gasteiger partial charge in [0.2, 0.25) is 0 Å². The van der Waals surface area contributed by atoms with Gasteiger partial charge >= 0.3 is 5.69 Å². The standard InChI is InChI=1S/C18H13ClN4O2/c19-14-8-4-5-12(9-14)11-20-23-17(24)16-10-15(21-18(25)22-16)13-6-2-1-3-7-13/h1-11H,(H,23,24)(H,21,22,25)/b20-11+. The molecule has 0 aliphatic heterocycles. The zero-order valence-electron chi connectivity index (χ0n) is 12.9. The van der Waals surface area contributed by atoms with Gasteiger partial charge in [-0.15, -0.1) is 0 Å². The predicted molar refractivity (Wildman–Crippen MR) is 96.8 cm³/mol. The molecule has 1 amide bonds. The Morgan fingerprint density at radius 2 is 1.92 bits per heavy atom. The van der Waals surface area contributed by atoms with Gasteiger partial charge in [-0.2, -0.15) is 10.1 Å². The molecule has 0 bridgehead atoms. The van der Waals surface area contributed by atoms with Crippen LogP contribution in [-0.4, -0.2) is 22.1 Å². The number of H-pyrrole nitrogens is 1. The minimum Gasteiger partial charge on any atom is -0.301 e. The molecule has 3 rings (SSSR count). The highest BCUT2D eigenvalue weighted by Crippen LogP contribution is 2.15. The molecule has 0 aliphatic carbocycles. The number of aromatic amines is 1. The third-order valence-corrected chi connectivity index (χ3v) is 3.52. The third-order valence-electron chi connectivity index (χ3n) is 3.29.